The summed E-state index contributed by atoms with van der Waals surface area (Å²) < 4.78 is 1.97. The lowest BCUT2D eigenvalue weighted by molar-refractivity contribution is -0.122. The maximum absolute atomic E-state index is 11.9. The van der Waals surface area contributed by atoms with Crippen LogP contribution in [0.25, 0.3) is 0 Å². The summed E-state index contributed by atoms with van der Waals surface area (Å²) in [5, 5.41) is 6.40. The van der Waals surface area contributed by atoms with Crippen LogP contribution in [0, 0.1) is 0 Å². The number of aromatic nitrogens is 2. The molecule has 100 valence electrons. The van der Waals surface area contributed by atoms with Crippen molar-refractivity contribution in [3.63, 3.8) is 0 Å². The molecular formula is C12H20N4OS. The van der Waals surface area contributed by atoms with Gasteiger partial charge in [-0.3, -0.25) is 4.79 Å². The molecule has 0 saturated carbocycles. The fraction of sp³-hybridized carbons (Fsp3) is 0.667. The van der Waals surface area contributed by atoms with Gasteiger partial charge in [0.1, 0.15) is 0 Å². The molecule has 0 aliphatic carbocycles. The van der Waals surface area contributed by atoms with Crippen molar-refractivity contribution in [2.24, 2.45) is 0 Å². The molecule has 6 heteroatoms. The topological polar surface area (TPSA) is 59.0 Å². The van der Waals surface area contributed by atoms with Gasteiger partial charge in [-0.15, -0.1) is 0 Å². The van der Waals surface area contributed by atoms with Crippen LogP contribution in [-0.4, -0.2) is 45.6 Å². The molecule has 1 aromatic heterocycles. The fourth-order valence-electron chi connectivity index (χ4n) is 2.06. The number of nitrogens with one attached hydrogen (secondary N) is 2. The first-order chi connectivity index (χ1) is 8.74. The number of amides is 1. The van der Waals surface area contributed by atoms with Crippen molar-refractivity contribution in [1.29, 1.82) is 0 Å². The number of hydrogen-bond acceptors (Lipinski definition) is 4. The van der Waals surface area contributed by atoms with Gasteiger partial charge < -0.3 is 15.2 Å². The molecular weight excluding hydrogens is 248 g/mol. The number of nitrogens with zero attached hydrogens (tertiary/aromatic N) is 2. The third-order valence-corrected chi connectivity index (χ3v) is 4.01. The van der Waals surface area contributed by atoms with Gasteiger partial charge in [-0.1, -0.05) is 0 Å². The van der Waals surface area contributed by atoms with E-state index in [4.69, 9.17) is 0 Å². The predicted molar refractivity (Wildman–Crippen MR) is 73.6 cm³/mol. The second-order valence-electron chi connectivity index (χ2n) is 4.66. The Morgan fingerprint density at radius 3 is 3.28 bits per heavy atom. The first kappa shape index (κ1) is 13.4. The van der Waals surface area contributed by atoms with Crippen molar-refractivity contribution >= 4 is 17.7 Å². The molecule has 1 fully saturated rings. The smallest absolute Gasteiger partial charge is 0.221 e. The molecule has 1 aliphatic rings. The summed E-state index contributed by atoms with van der Waals surface area (Å²) in [6.45, 7) is 3.78. The molecule has 18 heavy (non-hydrogen) atoms. The second kappa shape index (κ2) is 6.80. The number of carbonyl (C=O) groups excluding carboxylic acids is 1. The van der Waals surface area contributed by atoms with E-state index >= 15 is 0 Å². The Balaban J connectivity index is 1.69. The van der Waals surface area contributed by atoms with Crippen LogP contribution in [0.1, 0.15) is 13.3 Å². The van der Waals surface area contributed by atoms with Gasteiger partial charge in [0.2, 0.25) is 5.91 Å². The number of thioether (sulfide) groups is 1. The Morgan fingerprint density at radius 1 is 1.72 bits per heavy atom. The molecule has 5 nitrogen and oxygen atoms in total. The molecule has 1 saturated heterocycles. The van der Waals surface area contributed by atoms with E-state index in [1.54, 1.807) is 12.5 Å². The van der Waals surface area contributed by atoms with Crippen molar-refractivity contribution < 1.29 is 4.79 Å². The number of imidazole rings is 1. The molecule has 2 unspecified atom stereocenters. The number of carbonyl (C=O) groups is 1. The standard InChI is InChI=1S/C12H20N4OS/c1-10(7-16-4-2-13-9-16)15-12(17)6-11-8-18-5-3-14-11/h2,4,9-11,14H,3,5-8H2,1H3,(H,15,17). The Morgan fingerprint density at radius 2 is 2.61 bits per heavy atom. The zero-order chi connectivity index (χ0) is 12.8. The lowest BCUT2D eigenvalue weighted by atomic mass is 10.2. The van der Waals surface area contributed by atoms with Gasteiger partial charge in [-0.25, -0.2) is 4.98 Å². The molecule has 1 amide bonds. The molecule has 2 heterocycles. The van der Waals surface area contributed by atoms with E-state index in [0.717, 1.165) is 24.6 Å². The molecule has 2 atom stereocenters. The maximum Gasteiger partial charge on any atom is 0.221 e. The predicted octanol–water partition coefficient (Wildman–Crippen LogP) is 0.483. The van der Waals surface area contributed by atoms with Gasteiger partial charge in [0.05, 0.1) is 6.33 Å². The van der Waals surface area contributed by atoms with E-state index in [1.807, 2.05) is 29.4 Å². The average Bonchev–Trinajstić information content (AvgIpc) is 2.82. The highest BCUT2D eigenvalue weighted by Gasteiger charge is 2.17. The van der Waals surface area contributed by atoms with Crippen molar-refractivity contribution in [2.45, 2.75) is 32.0 Å². The molecule has 0 aromatic carbocycles. The van der Waals surface area contributed by atoms with Gasteiger partial charge in [0.15, 0.2) is 0 Å². The quantitative estimate of drug-likeness (QED) is 0.815. The van der Waals surface area contributed by atoms with E-state index in [1.165, 1.54) is 0 Å². The second-order valence-corrected chi connectivity index (χ2v) is 5.81. The molecule has 0 spiro atoms. The highest BCUT2D eigenvalue weighted by molar-refractivity contribution is 7.99. The van der Waals surface area contributed by atoms with Crippen LogP contribution in [0.3, 0.4) is 0 Å². The van der Waals surface area contributed by atoms with Crippen molar-refractivity contribution in [1.82, 2.24) is 20.2 Å². The van der Waals surface area contributed by atoms with Crippen LogP contribution >= 0.6 is 11.8 Å². The maximum atomic E-state index is 11.9. The molecule has 0 bridgehead atoms. The van der Waals surface area contributed by atoms with Gasteiger partial charge in [0.25, 0.3) is 0 Å². The molecule has 2 rings (SSSR count). The van der Waals surface area contributed by atoms with E-state index in [9.17, 15) is 4.79 Å². The van der Waals surface area contributed by atoms with E-state index in [2.05, 4.69) is 15.6 Å². The summed E-state index contributed by atoms with van der Waals surface area (Å²) in [7, 11) is 0. The van der Waals surface area contributed by atoms with Gasteiger partial charge in [-0.05, 0) is 6.92 Å². The summed E-state index contributed by atoms with van der Waals surface area (Å²) in [5.41, 5.74) is 0. The normalized spacial score (nSPS) is 21.5. The number of rotatable bonds is 5. The van der Waals surface area contributed by atoms with Crippen LogP contribution in [0.15, 0.2) is 18.7 Å². The van der Waals surface area contributed by atoms with E-state index in [-0.39, 0.29) is 11.9 Å². The Bertz CT molecular complexity index is 362. The third-order valence-electron chi connectivity index (χ3n) is 2.88. The zero-order valence-corrected chi connectivity index (χ0v) is 11.4. The van der Waals surface area contributed by atoms with Crippen LogP contribution in [0.2, 0.25) is 0 Å². The summed E-state index contributed by atoms with van der Waals surface area (Å²) in [6.07, 6.45) is 5.99. The summed E-state index contributed by atoms with van der Waals surface area (Å²) in [6, 6.07) is 0.451. The molecule has 2 N–H and O–H groups in total. The monoisotopic (exact) mass is 268 g/mol. The van der Waals surface area contributed by atoms with Crippen LogP contribution in [0.4, 0.5) is 0 Å². The molecule has 1 aliphatic heterocycles. The van der Waals surface area contributed by atoms with Gasteiger partial charge in [-0.2, -0.15) is 11.8 Å². The first-order valence-electron chi connectivity index (χ1n) is 6.30. The molecule has 1 aromatic rings. The van der Waals surface area contributed by atoms with Gasteiger partial charge >= 0.3 is 0 Å². The zero-order valence-electron chi connectivity index (χ0n) is 10.6. The third kappa shape index (κ3) is 4.34. The summed E-state index contributed by atoms with van der Waals surface area (Å²) >= 11 is 1.91. The van der Waals surface area contributed by atoms with Crippen molar-refractivity contribution in [3.8, 4) is 0 Å². The Kier molecular flexibility index (Phi) is 5.07. The minimum Gasteiger partial charge on any atom is -0.352 e. The summed E-state index contributed by atoms with van der Waals surface area (Å²) in [4.78, 5) is 15.9. The average molecular weight is 268 g/mol. The first-order valence-corrected chi connectivity index (χ1v) is 7.46. The highest BCUT2D eigenvalue weighted by Crippen LogP contribution is 2.10. The van der Waals surface area contributed by atoms with E-state index < -0.39 is 0 Å². The molecule has 0 radical (unpaired) electrons. The Hall–Kier alpha value is -1.01. The largest absolute Gasteiger partial charge is 0.352 e. The van der Waals surface area contributed by atoms with Crippen molar-refractivity contribution in [2.75, 3.05) is 18.1 Å². The van der Waals surface area contributed by atoms with E-state index in [0.29, 0.717) is 12.5 Å². The highest BCUT2D eigenvalue weighted by atomic mass is 32.2. The van der Waals surface area contributed by atoms with Gasteiger partial charge in [0, 0.05) is 55.5 Å². The van der Waals surface area contributed by atoms with Crippen LogP contribution < -0.4 is 10.6 Å². The van der Waals surface area contributed by atoms with Crippen LogP contribution in [-0.2, 0) is 11.3 Å². The minimum absolute atomic E-state index is 0.127. The SMILES string of the molecule is CC(Cn1ccnc1)NC(=O)CC1CSCCN1. The Labute approximate surface area is 112 Å². The van der Waals surface area contributed by atoms with Crippen molar-refractivity contribution in [3.05, 3.63) is 18.7 Å². The fourth-order valence-corrected chi connectivity index (χ4v) is 3.01. The minimum atomic E-state index is 0.127. The lowest BCUT2D eigenvalue weighted by Gasteiger charge is -2.23. The lowest BCUT2D eigenvalue weighted by Crippen LogP contribution is -2.43. The van der Waals surface area contributed by atoms with Crippen LogP contribution in [0.5, 0.6) is 0 Å². The number of hydrogen-bond donors (Lipinski definition) is 2. The summed E-state index contributed by atoms with van der Waals surface area (Å²) in [5.74, 6) is 2.31.